The lowest BCUT2D eigenvalue weighted by molar-refractivity contribution is 0.457. The maximum absolute atomic E-state index is 12.0. The molecule has 0 radical (unpaired) electrons. The number of hydrogen-bond donors (Lipinski definition) is 3. The third kappa shape index (κ3) is 3.15. The highest BCUT2D eigenvalue weighted by Gasteiger charge is 2.15. The van der Waals surface area contributed by atoms with Gasteiger partial charge in [-0.1, -0.05) is 6.07 Å². The van der Waals surface area contributed by atoms with Crippen LogP contribution in [-0.2, 0) is 10.2 Å². The molecule has 1 aliphatic rings. The SMILES string of the molecule is CN(C)S(=O)(=O)Nc1ccc2[nH]c(O)c(C=c3ccc4c(c3)N=NN=4)c2c1. The molecule has 0 atom stereocenters. The lowest BCUT2D eigenvalue weighted by atomic mass is 10.1. The van der Waals surface area contributed by atoms with Crippen LogP contribution in [0.5, 0.6) is 5.88 Å². The third-order valence-electron chi connectivity index (χ3n) is 4.16. The van der Waals surface area contributed by atoms with Crippen LogP contribution in [-0.4, -0.2) is 36.9 Å². The van der Waals surface area contributed by atoms with E-state index in [0.29, 0.717) is 33.2 Å². The number of rotatable bonds is 4. The Bertz CT molecular complexity index is 1310. The molecule has 27 heavy (non-hydrogen) atoms. The Balaban J connectivity index is 1.82. The van der Waals surface area contributed by atoms with E-state index in [4.69, 9.17) is 0 Å². The summed E-state index contributed by atoms with van der Waals surface area (Å²) in [4.78, 5) is 2.89. The fourth-order valence-corrected chi connectivity index (χ4v) is 3.34. The molecule has 1 aromatic heterocycles. The number of benzene rings is 2. The van der Waals surface area contributed by atoms with Gasteiger partial charge in [0.25, 0.3) is 0 Å². The number of hydrogen-bond acceptors (Lipinski definition) is 6. The van der Waals surface area contributed by atoms with E-state index < -0.39 is 10.2 Å². The molecule has 1 aliphatic heterocycles. The molecule has 3 aromatic rings. The van der Waals surface area contributed by atoms with Gasteiger partial charge in [-0.15, -0.1) is 10.2 Å². The van der Waals surface area contributed by atoms with Crippen molar-refractivity contribution in [3.63, 3.8) is 0 Å². The Kier molecular flexibility index (Phi) is 3.93. The molecule has 138 valence electrons. The molecular weight excluding hydrogens is 368 g/mol. The number of nitrogens with zero attached hydrogens (tertiary/aromatic N) is 4. The average Bonchev–Trinajstić information content (AvgIpc) is 3.19. The number of aromatic amines is 1. The van der Waals surface area contributed by atoms with Crippen molar-refractivity contribution in [3.05, 3.63) is 52.5 Å². The second-order valence-electron chi connectivity index (χ2n) is 6.22. The van der Waals surface area contributed by atoms with Crippen LogP contribution in [0.15, 0.2) is 51.8 Å². The van der Waals surface area contributed by atoms with Crippen molar-refractivity contribution in [1.29, 1.82) is 0 Å². The molecule has 0 amide bonds. The van der Waals surface area contributed by atoms with Crippen LogP contribution in [0.1, 0.15) is 5.56 Å². The normalized spacial score (nSPS) is 14.0. The fourth-order valence-electron chi connectivity index (χ4n) is 2.73. The summed E-state index contributed by atoms with van der Waals surface area (Å²) in [5.41, 5.74) is 2.28. The summed E-state index contributed by atoms with van der Waals surface area (Å²) < 4.78 is 27.7. The molecule has 3 N–H and O–H groups in total. The molecule has 4 rings (SSSR count). The van der Waals surface area contributed by atoms with Gasteiger partial charge in [0.15, 0.2) is 5.88 Å². The zero-order valence-corrected chi connectivity index (χ0v) is 15.3. The summed E-state index contributed by atoms with van der Waals surface area (Å²) in [6.45, 7) is 0. The van der Waals surface area contributed by atoms with Crippen LogP contribution in [0, 0.1) is 0 Å². The number of anilines is 1. The highest BCUT2D eigenvalue weighted by molar-refractivity contribution is 7.90. The van der Waals surface area contributed by atoms with E-state index in [9.17, 15) is 13.5 Å². The molecular formula is C17H16N6O3S. The van der Waals surface area contributed by atoms with Crippen molar-refractivity contribution in [1.82, 2.24) is 9.29 Å². The number of nitrogens with one attached hydrogen (secondary N) is 2. The van der Waals surface area contributed by atoms with Crippen LogP contribution < -0.4 is 15.3 Å². The second-order valence-corrected chi connectivity index (χ2v) is 8.10. The molecule has 10 heteroatoms. The van der Waals surface area contributed by atoms with Gasteiger partial charge in [-0.05, 0) is 46.8 Å². The summed E-state index contributed by atoms with van der Waals surface area (Å²) in [5, 5.41) is 23.9. The van der Waals surface area contributed by atoms with E-state index >= 15 is 0 Å². The lowest BCUT2D eigenvalue weighted by Crippen LogP contribution is -2.28. The zero-order chi connectivity index (χ0) is 19.2. The predicted octanol–water partition coefficient (Wildman–Crippen LogP) is 1.55. The number of aromatic hydroxyl groups is 1. The largest absolute Gasteiger partial charge is 0.494 e. The average molecular weight is 384 g/mol. The van der Waals surface area contributed by atoms with Crippen molar-refractivity contribution < 1.29 is 13.5 Å². The molecule has 9 nitrogen and oxygen atoms in total. The molecule has 0 aliphatic carbocycles. The van der Waals surface area contributed by atoms with E-state index in [1.807, 2.05) is 12.1 Å². The van der Waals surface area contributed by atoms with Gasteiger partial charge in [-0.3, -0.25) is 4.72 Å². The van der Waals surface area contributed by atoms with Gasteiger partial charge >= 0.3 is 10.2 Å². The first-order valence-corrected chi connectivity index (χ1v) is 9.43. The molecule has 0 bridgehead atoms. The van der Waals surface area contributed by atoms with Crippen molar-refractivity contribution in [2.24, 2.45) is 15.4 Å². The quantitative estimate of drug-likeness (QED) is 0.632. The minimum absolute atomic E-state index is 0.00979. The number of aromatic nitrogens is 1. The van der Waals surface area contributed by atoms with E-state index in [0.717, 1.165) is 9.52 Å². The monoisotopic (exact) mass is 384 g/mol. The minimum atomic E-state index is -3.62. The third-order valence-corrected chi connectivity index (χ3v) is 5.62. The molecule has 2 heterocycles. The van der Waals surface area contributed by atoms with Crippen LogP contribution in [0.3, 0.4) is 0 Å². The minimum Gasteiger partial charge on any atom is -0.494 e. The first kappa shape index (κ1) is 17.2. The van der Waals surface area contributed by atoms with Gasteiger partial charge in [0.1, 0.15) is 11.0 Å². The summed E-state index contributed by atoms with van der Waals surface area (Å²) in [6.07, 6.45) is 1.78. The van der Waals surface area contributed by atoms with Crippen molar-refractivity contribution in [3.8, 4) is 5.88 Å². The molecule has 0 unspecified atom stereocenters. The van der Waals surface area contributed by atoms with E-state index in [2.05, 4.69) is 25.1 Å². The second kappa shape index (κ2) is 6.18. The van der Waals surface area contributed by atoms with Gasteiger partial charge in [-0.2, -0.15) is 12.7 Å². The number of fused-ring (bicyclic) bond motifs is 2. The van der Waals surface area contributed by atoms with Crippen LogP contribution in [0.2, 0.25) is 0 Å². The summed E-state index contributed by atoms with van der Waals surface area (Å²) >= 11 is 0. The van der Waals surface area contributed by atoms with Crippen LogP contribution in [0.4, 0.5) is 11.4 Å². The standard InChI is InChI=1S/C17H16N6O3S/c1-23(2)27(25,26)21-11-4-6-14-12(9-11)13(17(24)18-14)7-10-3-5-15-16(8-10)20-22-19-15/h3-9,18,21,24H,1-2H3. The Morgan fingerprint density at radius 1 is 1.19 bits per heavy atom. The molecule has 0 spiro atoms. The lowest BCUT2D eigenvalue weighted by Gasteiger charge is -2.13. The summed E-state index contributed by atoms with van der Waals surface area (Å²) in [7, 11) is -0.736. The zero-order valence-electron chi connectivity index (χ0n) is 14.5. The molecule has 0 saturated carbocycles. The maximum atomic E-state index is 12.0. The Hall–Kier alpha value is -3.24. The highest BCUT2D eigenvalue weighted by Crippen LogP contribution is 2.30. The molecule has 2 aromatic carbocycles. The highest BCUT2D eigenvalue weighted by atomic mass is 32.2. The first-order chi connectivity index (χ1) is 12.8. The smallest absolute Gasteiger partial charge is 0.301 e. The van der Waals surface area contributed by atoms with Crippen LogP contribution in [0.25, 0.3) is 17.0 Å². The van der Waals surface area contributed by atoms with Gasteiger partial charge < -0.3 is 10.1 Å². The van der Waals surface area contributed by atoms with Gasteiger partial charge in [0, 0.05) is 30.6 Å². The van der Waals surface area contributed by atoms with E-state index in [1.54, 1.807) is 30.3 Å². The van der Waals surface area contributed by atoms with E-state index in [-0.39, 0.29) is 5.88 Å². The number of H-pyrrole nitrogens is 1. The fraction of sp³-hybridized carbons (Fsp3) is 0.118. The Morgan fingerprint density at radius 3 is 2.78 bits per heavy atom. The maximum Gasteiger partial charge on any atom is 0.301 e. The molecule has 0 saturated heterocycles. The van der Waals surface area contributed by atoms with Crippen LogP contribution >= 0.6 is 0 Å². The van der Waals surface area contributed by atoms with Gasteiger partial charge in [-0.25, -0.2) is 0 Å². The topological polar surface area (TPSA) is 123 Å². The van der Waals surface area contributed by atoms with Crippen molar-refractivity contribution >= 4 is 38.6 Å². The van der Waals surface area contributed by atoms with Crippen molar-refractivity contribution in [2.75, 3.05) is 18.8 Å². The first-order valence-electron chi connectivity index (χ1n) is 7.99. The summed E-state index contributed by atoms with van der Waals surface area (Å²) in [5.74, 6) is -0.00979. The van der Waals surface area contributed by atoms with Gasteiger partial charge in [0.2, 0.25) is 0 Å². The van der Waals surface area contributed by atoms with Crippen molar-refractivity contribution in [2.45, 2.75) is 0 Å². The predicted molar refractivity (Wildman–Crippen MR) is 101 cm³/mol. The van der Waals surface area contributed by atoms with E-state index in [1.165, 1.54) is 14.1 Å². The Morgan fingerprint density at radius 2 is 2.00 bits per heavy atom. The van der Waals surface area contributed by atoms with Gasteiger partial charge in [0.05, 0.1) is 5.69 Å². The Labute approximate surface area is 154 Å². The molecule has 0 fully saturated rings. The summed E-state index contributed by atoms with van der Waals surface area (Å²) in [6, 6.07) is 10.4.